The third kappa shape index (κ3) is 3.42. The molecule has 0 aliphatic rings. The van der Waals surface area contributed by atoms with Gasteiger partial charge in [0.2, 0.25) is 0 Å². The first-order chi connectivity index (χ1) is 7.37. The maximum Gasteiger partial charge on any atom is 4.00 e. The zero-order chi connectivity index (χ0) is 12.2. The van der Waals surface area contributed by atoms with Gasteiger partial charge in [0.25, 0.3) is 0 Å². The average molecular weight is 368 g/mol. The number of aryl methyl sites for hydroxylation is 4. The molecule has 0 amide bonds. The SMILES string of the molecule is Cc1c(C)c(C)c2c(c1C)c(C)c(C)[c-]2C.[Cl-].[Cl-].[Cl-].[Ti+4]. The predicted molar refractivity (Wildman–Crippen MR) is 72.7 cm³/mol. The van der Waals surface area contributed by atoms with Crippen LogP contribution in [0, 0.1) is 48.5 Å². The number of benzene rings is 1. The van der Waals surface area contributed by atoms with E-state index in [0.717, 1.165) is 0 Å². The van der Waals surface area contributed by atoms with Gasteiger partial charge >= 0.3 is 21.7 Å². The van der Waals surface area contributed by atoms with Crippen molar-refractivity contribution in [3.05, 3.63) is 38.9 Å². The van der Waals surface area contributed by atoms with Crippen molar-refractivity contribution >= 4 is 10.8 Å². The van der Waals surface area contributed by atoms with Gasteiger partial charge in [-0.25, -0.2) is 0 Å². The van der Waals surface area contributed by atoms with Crippen LogP contribution in [0.5, 0.6) is 0 Å². The van der Waals surface area contributed by atoms with Gasteiger partial charge in [-0.15, -0.1) is 27.5 Å². The molecular weight excluding hydrogens is 346 g/mol. The van der Waals surface area contributed by atoms with Gasteiger partial charge in [-0.1, -0.05) is 44.4 Å². The van der Waals surface area contributed by atoms with E-state index >= 15 is 0 Å². The summed E-state index contributed by atoms with van der Waals surface area (Å²) in [6.07, 6.45) is 0. The number of fused-ring (bicyclic) bond motifs is 1. The van der Waals surface area contributed by atoms with Gasteiger partial charge in [-0.2, -0.15) is 5.56 Å². The normalized spacial score (nSPS) is 9.15. The minimum absolute atomic E-state index is 0. The Hall–Kier alpha value is 0.414. The maximum absolute atomic E-state index is 2.26. The largest absolute Gasteiger partial charge is 4.00 e. The second kappa shape index (κ2) is 8.76. The molecule has 0 aromatic heterocycles. The number of rotatable bonds is 0. The summed E-state index contributed by atoms with van der Waals surface area (Å²) in [5.74, 6) is 0. The molecule has 0 bridgehead atoms. The second-order valence-corrected chi connectivity index (χ2v) is 5.12. The summed E-state index contributed by atoms with van der Waals surface area (Å²) in [5, 5.41) is 2.99. The van der Waals surface area contributed by atoms with E-state index in [1.54, 1.807) is 0 Å². The summed E-state index contributed by atoms with van der Waals surface area (Å²) in [5.41, 5.74) is 10.2. The summed E-state index contributed by atoms with van der Waals surface area (Å²) in [6, 6.07) is 0. The van der Waals surface area contributed by atoms with Crippen LogP contribution in [0.4, 0.5) is 0 Å². The topological polar surface area (TPSA) is 0 Å². The number of hydrogen-bond acceptors (Lipinski definition) is 0. The second-order valence-electron chi connectivity index (χ2n) is 5.12. The van der Waals surface area contributed by atoms with Gasteiger partial charge in [-0.3, -0.25) is 0 Å². The van der Waals surface area contributed by atoms with E-state index in [4.69, 9.17) is 0 Å². The molecule has 0 fully saturated rings. The maximum atomic E-state index is 2.26. The van der Waals surface area contributed by atoms with Crippen LogP contribution in [0.15, 0.2) is 0 Å². The summed E-state index contributed by atoms with van der Waals surface area (Å²) in [7, 11) is 0. The Balaban J connectivity index is -0.000000722. The molecule has 2 rings (SSSR count). The molecule has 20 heavy (non-hydrogen) atoms. The summed E-state index contributed by atoms with van der Waals surface area (Å²) in [6.45, 7) is 15.8. The van der Waals surface area contributed by atoms with E-state index in [0.29, 0.717) is 0 Å². The van der Waals surface area contributed by atoms with Crippen LogP contribution in [0.25, 0.3) is 10.8 Å². The Kier molecular flexibility index (Phi) is 11.1. The molecular formula is C16H21Cl3Ti. The molecule has 0 atom stereocenters. The van der Waals surface area contributed by atoms with Gasteiger partial charge < -0.3 is 37.2 Å². The van der Waals surface area contributed by atoms with E-state index in [9.17, 15) is 0 Å². The van der Waals surface area contributed by atoms with Crippen molar-refractivity contribution in [3.8, 4) is 0 Å². The summed E-state index contributed by atoms with van der Waals surface area (Å²) < 4.78 is 0. The van der Waals surface area contributed by atoms with Crippen LogP contribution < -0.4 is 37.2 Å². The van der Waals surface area contributed by atoms with E-state index in [2.05, 4.69) is 48.5 Å². The minimum atomic E-state index is 0. The number of halogens is 3. The molecule has 0 heterocycles. The minimum Gasteiger partial charge on any atom is -1.00 e. The zero-order valence-corrected chi connectivity index (χ0v) is 17.0. The first-order valence-corrected chi connectivity index (χ1v) is 6.00. The van der Waals surface area contributed by atoms with E-state index in [-0.39, 0.29) is 58.9 Å². The van der Waals surface area contributed by atoms with Gasteiger partial charge in [-0.05, 0) is 20.8 Å². The van der Waals surface area contributed by atoms with Crippen LogP contribution in [-0.4, -0.2) is 0 Å². The smallest absolute Gasteiger partial charge is 1.00 e. The third-order valence-electron chi connectivity index (χ3n) is 4.56. The Morgan fingerprint density at radius 1 is 0.600 bits per heavy atom. The van der Waals surface area contributed by atoms with Crippen LogP contribution in [0.1, 0.15) is 38.9 Å². The fourth-order valence-electron chi connectivity index (χ4n) is 2.91. The molecule has 0 saturated carbocycles. The Morgan fingerprint density at radius 2 is 1.00 bits per heavy atom. The first-order valence-electron chi connectivity index (χ1n) is 6.00. The predicted octanol–water partition coefficient (Wildman–Crippen LogP) is -4.27. The molecule has 0 spiro atoms. The standard InChI is InChI=1S/C16H21.3ClH.Ti/c1-8-9(2)12(5)16-14(7)10(3)13(6)15(16)11(8)4;;;;/h1-7H3;3*1H;/q-1;;;;+4/p-3. The van der Waals surface area contributed by atoms with Crippen LogP contribution in [-0.2, 0) is 21.7 Å². The van der Waals surface area contributed by atoms with E-state index in [1.807, 2.05) is 0 Å². The van der Waals surface area contributed by atoms with Gasteiger partial charge in [0.05, 0.1) is 0 Å². The van der Waals surface area contributed by atoms with Crippen LogP contribution in [0.2, 0.25) is 0 Å². The third-order valence-corrected chi connectivity index (χ3v) is 4.56. The van der Waals surface area contributed by atoms with Gasteiger partial charge in [0.15, 0.2) is 0 Å². The Labute approximate surface area is 156 Å². The van der Waals surface area contributed by atoms with Crippen molar-refractivity contribution in [1.82, 2.24) is 0 Å². The molecule has 110 valence electrons. The molecule has 4 heteroatoms. The molecule has 0 radical (unpaired) electrons. The van der Waals surface area contributed by atoms with Gasteiger partial charge in [0.1, 0.15) is 0 Å². The molecule has 2 aromatic rings. The molecule has 0 aliphatic heterocycles. The van der Waals surface area contributed by atoms with E-state index < -0.39 is 0 Å². The monoisotopic (exact) mass is 366 g/mol. The molecule has 0 unspecified atom stereocenters. The zero-order valence-electron chi connectivity index (χ0n) is 13.1. The van der Waals surface area contributed by atoms with Crippen molar-refractivity contribution in [1.29, 1.82) is 0 Å². The molecule has 0 aliphatic carbocycles. The molecule has 0 nitrogen and oxygen atoms in total. The average Bonchev–Trinajstić information content (AvgIpc) is 2.48. The number of hydrogen-bond donors (Lipinski definition) is 0. The van der Waals surface area contributed by atoms with Crippen LogP contribution in [0.3, 0.4) is 0 Å². The van der Waals surface area contributed by atoms with Crippen molar-refractivity contribution < 1.29 is 58.9 Å². The van der Waals surface area contributed by atoms with Crippen molar-refractivity contribution in [2.45, 2.75) is 48.5 Å². The van der Waals surface area contributed by atoms with Crippen molar-refractivity contribution in [3.63, 3.8) is 0 Å². The summed E-state index contributed by atoms with van der Waals surface area (Å²) >= 11 is 0. The van der Waals surface area contributed by atoms with Crippen LogP contribution >= 0.6 is 0 Å². The van der Waals surface area contributed by atoms with E-state index in [1.165, 1.54) is 49.7 Å². The summed E-state index contributed by atoms with van der Waals surface area (Å²) in [4.78, 5) is 0. The fourth-order valence-corrected chi connectivity index (χ4v) is 2.91. The molecule has 0 N–H and O–H groups in total. The Bertz CT molecular complexity index is 547. The van der Waals surface area contributed by atoms with Crippen molar-refractivity contribution in [2.24, 2.45) is 0 Å². The molecule has 0 saturated heterocycles. The Morgan fingerprint density at radius 3 is 1.45 bits per heavy atom. The fraction of sp³-hybridized carbons (Fsp3) is 0.438. The van der Waals surface area contributed by atoms with Crippen molar-refractivity contribution in [2.75, 3.05) is 0 Å². The van der Waals surface area contributed by atoms with Gasteiger partial charge in [0, 0.05) is 0 Å². The first kappa shape index (κ1) is 25.4. The quantitative estimate of drug-likeness (QED) is 0.327. The molecule has 2 aromatic carbocycles.